The number of nitrogens with one attached hydrogen (secondary N) is 1. The Balaban J connectivity index is 2.07. The maximum Gasteiger partial charge on any atom is 0.234 e. The Kier molecular flexibility index (Phi) is 4.95. The molecule has 1 amide bonds. The number of carbonyl (C=O) groups is 1. The van der Waals surface area contributed by atoms with Crippen LogP contribution in [-0.4, -0.2) is 32.6 Å². The molecule has 1 aliphatic rings. The first-order valence-corrected chi connectivity index (χ1v) is 8.37. The van der Waals surface area contributed by atoms with Crippen LogP contribution in [0.25, 0.3) is 0 Å². The van der Waals surface area contributed by atoms with E-state index in [0.717, 1.165) is 29.0 Å². The normalized spacial score (nSPS) is 15.2. The Bertz CT molecular complexity index is 760. The fourth-order valence-corrected chi connectivity index (χ4v) is 3.49. The van der Waals surface area contributed by atoms with Crippen molar-refractivity contribution >= 4 is 17.5 Å². The summed E-state index contributed by atoms with van der Waals surface area (Å²) in [5, 5.41) is 2.91. The third-order valence-electron chi connectivity index (χ3n) is 4.48. The molecule has 0 bridgehead atoms. The molecule has 0 aliphatic heterocycles. The van der Waals surface area contributed by atoms with E-state index in [0.29, 0.717) is 6.54 Å². The molecule has 1 unspecified atom stereocenters. The largest absolute Gasteiger partial charge is 0.493 e. The third kappa shape index (κ3) is 2.94. The van der Waals surface area contributed by atoms with Crippen LogP contribution in [0.3, 0.4) is 0 Å². The van der Waals surface area contributed by atoms with Crippen molar-refractivity contribution in [3.63, 3.8) is 0 Å². The molecule has 0 saturated heterocycles. The lowest BCUT2D eigenvalue weighted by Gasteiger charge is -2.30. The predicted molar refractivity (Wildman–Crippen MR) is 94.4 cm³/mol. The van der Waals surface area contributed by atoms with Gasteiger partial charge in [0.25, 0.3) is 0 Å². The van der Waals surface area contributed by atoms with Crippen LogP contribution in [0.5, 0.6) is 11.5 Å². The van der Waals surface area contributed by atoms with Gasteiger partial charge in [0.2, 0.25) is 5.91 Å². The maximum absolute atomic E-state index is 11.6. The quantitative estimate of drug-likeness (QED) is 0.847. The number of alkyl halides is 1. The molecule has 1 atom stereocenters. The number of halogens is 1. The van der Waals surface area contributed by atoms with E-state index >= 15 is 0 Å². The molecule has 3 rings (SSSR count). The van der Waals surface area contributed by atoms with Crippen LogP contribution < -0.4 is 14.8 Å². The molecule has 4 nitrogen and oxygen atoms in total. The lowest BCUT2D eigenvalue weighted by atomic mass is 9.77. The van der Waals surface area contributed by atoms with E-state index in [2.05, 4.69) is 23.5 Å². The molecule has 0 saturated carbocycles. The van der Waals surface area contributed by atoms with Gasteiger partial charge < -0.3 is 14.8 Å². The standard InChI is InChI=1S/C19H20ClNO3/c1-23-17-8-7-14-15(19(17)24-2)9-12-5-3-4-6-13(12)16(14)11-21-18(22)10-20/h3-8,16H,9-11H2,1-2H3,(H,21,22). The summed E-state index contributed by atoms with van der Waals surface area (Å²) in [6, 6.07) is 12.3. The zero-order valence-corrected chi connectivity index (χ0v) is 14.5. The Morgan fingerprint density at radius 3 is 2.67 bits per heavy atom. The van der Waals surface area contributed by atoms with Crippen LogP contribution in [0.4, 0.5) is 0 Å². The summed E-state index contributed by atoms with van der Waals surface area (Å²) in [6.45, 7) is 0.505. The smallest absolute Gasteiger partial charge is 0.234 e. The second-order valence-electron chi connectivity index (χ2n) is 5.73. The van der Waals surface area contributed by atoms with E-state index in [4.69, 9.17) is 21.1 Å². The summed E-state index contributed by atoms with van der Waals surface area (Å²) in [5.74, 6) is 1.35. The van der Waals surface area contributed by atoms with E-state index in [1.54, 1.807) is 14.2 Å². The number of ether oxygens (including phenoxy) is 2. The highest BCUT2D eigenvalue weighted by Crippen LogP contribution is 2.43. The number of fused-ring (bicyclic) bond motifs is 2. The van der Waals surface area contributed by atoms with Gasteiger partial charge in [0.1, 0.15) is 5.88 Å². The van der Waals surface area contributed by atoms with Gasteiger partial charge in [0.05, 0.1) is 14.2 Å². The Morgan fingerprint density at radius 1 is 1.17 bits per heavy atom. The molecular formula is C19H20ClNO3. The second-order valence-corrected chi connectivity index (χ2v) is 6.00. The van der Waals surface area contributed by atoms with E-state index in [1.807, 2.05) is 18.2 Å². The monoisotopic (exact) mass is 345 g/mol. The van der Waals surface area contributed by atoms with E-state index in [-0.39, 0.29) is 17.7 Å². The van der Waals surface area contributed by atoms with Crippen molar-refractivity contribution in [3.05, 3.63) is 58.7 Å². The number of rotatable bonds is 5. The first-order valence-electron chi connectivity index (χ1n) is 7.83. The van der Waals surface area contributed by atoms with Gasteiger partial charge in [-0.1, -0.05) is 30.3 Å². The SMILES string of the molecule is COc1ccc2c(c1OC)Cc1ccccc1C2CNC(=O)CCl. The van der Waals surface area contributed by atoms with Gasteiger partial charge in [-0.15, -0.1) is 11.6 Å². The highest BCUT2D eigenvalue weighted by molar-refractivity contribution is 6.27. The van der Waals surface area contributed by atoms with Crippen molar-refractivity contribution in [1.29, 1.82) is 0 Å². The first kappa shape index (κ1) is 16.7. The van der Waals surface area contributed by atoms with E-state index in [1.165, 1.54) is 11.1 Å². The number of amides is 1. The van der Waals surface area contributed by atoms with Gasteiger partial charge in [0.15, 0.2) is 11.5 Å². The molecule has 0 radical (unpaired) electrons. The van der Waals surface area contributed by atoms with Gasteiger partial charge in [-0.3, -0.25) is 4.79 Å². The number of carbonyl (C=O) groups excluding carboxylic acids is 1. The summed E-state index contributed by atoms with van der Waals surface area (Å²) >= 11 is 5.61. The van der Waals surface area contributed by atoms with E-state index in [9.17, 15) is 4.79 Å². The van der Waals surface area contributed by atoms with Gasteiger partial charge >= 0.3 is 0 Å². The highest BCUT2D eigenvalue weighted by atomic mass is 35.5. The topological polar surface area (TPSA) is 47.6 Å². The van der Waals surface area contributed by atoms with Crippen molar-refractivity contribution in [2.75, 3.05) is 26.6 Å². The van der Waals surface area contributed by atoms with Gasteiger partial charge in [0, 0.05) is 24.4 Å². The summed E-state index contributed by atoms with van der Waals surface area (Å²) in [5.41, 5.74) is 4.73. The third-order valence-corrected chi connectivity index (χ3v) is 4.73. The summed E-state index contributed by atoms with van der Waals surface area (Å²) < 4.78 is 11.0. The summed E-state index contributed by atoms with van der Waals surface area (Å²) in [6.07, 6.45) is 0.784. The Morgan fingerprint density at radius 2 is 1.96 bits per heavy atom. The average molecular weight is 346 g/mol. The molecule has 2 aromatic carbocycles. The van der Waals surface area contributed by atoms with Crippen molar-refractivity contribution in [2.45, 2.75) is 12.3 Å². The predicted octanol–water partition coefficient (Wildman–Crippen LogP) is 3.09. The zero-order valence-electron chi connectivity index (χ0n) is 13.8. The minimum Gasteiger partial charge on any atom is -0.493 e. The molecule has 5 heteroatoms. The minimum absolute atomic E-state index is 0.0346. The molecule has 0 heterocycles. The molecule has 0 fully saturated rings. The van der Waals surface area contributed by atoms with Gasteiger partial charge in [-0.25, -0.2) is 0 Å². The lowest BCUT2D eigenvalue weighted by molar-refractivity contribution is -0.118. The second kappa shape index (κ2) is 7.14. The summed E-state index contributed by atoms with van der Waals surface area (Å²) in [4.78, 5) is 11.6. The van der Waals surface area contributed by atoms with E-state index < -0.39 is 0 Å². The van der Waals surface area contributed by atoms with Crippen molar-refractivity contribution < 1.29 is 14.3 Å². The number of benzene rings is 2. The van der Waals surface area contributed by atoms with Crippen LogP contribution in [-0.2, 0) is 11.2 Å². The Labute approximate surface area is 146 Å². The average Bonchev–Trinajstić information content (AvgIpc) is 2.63. The number of methoxy groups -OCH3 is 2. The van der Waals surface area contributed by atoms with Crippen molar-refractivity contribution in [3.8, 4) is 11.5 Å². The molecular weight excluding hydrogens is 326 g/mol. The minimum atomic E-state index is -0.165. The molecule has 0 aromatic heterocycles. The first-order chi connectivity index (χ1) is 11.7. The van der Waals surface area contributed by atoms with Gasteiger partial charge in [-0.05, 0) is 22.8 Å². The molecule has 2 aromatic rings. The van der Waals surface area contributed by atoms with Crippen molar-refractivity contribution in [2.24, 2.45) is 0 Å². The molecule has 0 spiro atoms. The Hall–Kier alpha value is -2.20. The molecule has 24 heavy (non-hydrogen) atoms. The fourth-order valence-electron chi connectivity index (χ4n) is 3.39. The van der Waals surface area contributed by atoms with Crippen molar-refractivity contribution in [1.82, 2.24) is 5.32 Å². The van der Waals surface area contributed by atoms with Crippen LogP contribution in [0, 0.1) is 0 Å². The molecule has 126 valence electrons. The highest BCUT2D eigenvalue weighted by Gasteiger charge is 2.29. The van der Waals surface area contributed by atoms with Crippen LogP contribution >= 0.6 is 11.6 Å². The fraction of sp³-hybridized carbons (Fsp3) is 0.316. The number of hydrogen-bond acceptors (Lipinski definition) is 3. The van der Waals surface area contributed by atoms with Crippen LogP contribution in [0.15, 0.2) is 36.4 Å². The van der Waals surface area contributed by atoms with Crippen LogP contribution in [0.1, 0.15) is 28.2 Å². The maximum atomic E-state index is 11.6. The lowest BCUT2D eigenvalue weighted by Crippen LogP contribution is -2.31. The molecule has 1 aliphatic carbocycles. The summed E-state index contributed by atoms with van der Waals surface area (Å²) in [7, 11) is 3.29. The van der Waals surface area contributed by atoms with Gasteiger partial charge in [-0.2, -0.15) is 0 Å². The van der Waals surface area contributed by atoms with Crippen LogP contribution in [0.2, 0.25) is 0 Å². The molecule has 1 N–H and O–H groups in total. The zero-order chi connectivity index (χ0) is 17.1. The number of hydrogen-bond donors (Lipinski definition) is 1.